The summed E-state index contributed by atoms with van der Waals surface area (Å²) < 4.78 is 29.1. The average molecular weight is 354 g/mol. The summed E-state index contributed by atoms with van der Waals surface area (Å²) in [6.07, 6.45) is 4.33. The number of hydrogen-bond donors (Lipinski definition) is 1. The van der Waals surface area contributed by atoms with E-state index in [1.807, 2.05) is 0 Å². The van der Waals surface area contributed by atoms with E-state index in [0.717, 1.165) is 12.1 Å². The molecule has 0 radical (unpaired) electrons. The maximum Gasteiger partial charge on any atom is 0.137 e. The standard InChI is InChI=1S/C19H16F2N4O/c1-14(5-7-16-4-2-3-9-23-16)19(26,11-25-13-22-12-24-25)17-8-6-15(20)10-18(17)21/h2-4,6,8-10,12-14,26H,11H2,1H3/t14-,19+/m0/s1. The Balaban J connectivity index is 2.01. The van der Waals surface area contributed by atoms with E-state index in [0.29, 0.717) is 5.69 Å². The number of aromatic nitrogens is 4. The molecule has 0 fully saturated rings. The summed E-state index contributed by atoms with van der Waals surface area (Å²) in [5, 5.41) is 15.3. The third-order valence-corrected chi connectivity index (χ3v) is 4.07. The third kappa shape index (κ3) is 3.76. The molecule has 26 heavy (non-hydrogen) atoms. The topological polar surface area (TPSA) is 63.8 Å². The fourth-order valence-corrected chi connectivity index (χ4v) is 2.60. The van der Waals surface area contributed by atoms with Crippen molar-refractivity contribution in [2.45, 2.75) is 19.1 Å². The Morgan fingerprint density at radius 1 is 1.27 bits per heavy atom. The van der Waals surface area contributed by atoms with Gasteiger partial charge in [-0.3, -0.25) is 0 Å². The maximum absolute atomic E-state index is 14.4. The number of aliphatic hydroxyl groups is 1. The SMILES string of the molecule is C[C@@H](C#Cc1ccccn1)[C@](O)(Cn1cncn1)c1ccc(F)cc1F. The van der Waals surface area contributed by atoms with Crippen LogP contribution in [-0.2, 0) is 12.1 Å². The molecule has 1 aromatic carbocycles. The quantitative estimate of drug-likeness (QED) is 0.732. The number of nitrogens with zero attached hydrogens (tertiary/aromatic N) is 4. The van der Waals surface area contributed by atoms with Crippen molar-refractivity contribution in [1.82, 2.24) is 19.7 Å². The van der Waals surface area contributed by atoms with Gasteiger partial charge in [0.1, 0.15) is 35.6 Å². The Hall–Kier alpha value is -3.11. The zero-order valence-corrected chi connectivity index (χ0v) is 14.0. The molecule has 1 N–H and O–H groups in total. The van der Waals surface area contributed by atoms with Crippen LogP contribution in [-0.4, -0.2) is 24.9 Å². The van der Waals surface area contributed by atoms with Gasteiger partial charge in [0, 0.05) is 17.8 Å². The van der Waals surface area contributed by atoms with E-state index in [9.17, 15) is 13.9 Å². The second-order valence-electron chi connectivity index (χ2n) is 5.85. The van der Waals surface area contributed by atoms with Crippen LogP contribution in [0.4, 0.5) is 8.78 Å². The van der Waals surface area contributed by atoms with E-state index >= 15 is 0 Å². The number of pyridine rings is 1. The van der Waals surface area contributed by atoms with E-state index < -0.39 is 23.2 Å². The van der Waals surface area contributed by atoms with Crippen molar-refractivity contribution in [3.05, 3.63) is 78.1 Å². The monoisotopic (exact) mass is 354 g/mol. The van der Waals surface area contributed by atoms with E-state index in [1.165, 1.54) is 23.4 Å². The highest BCUT2D eigenvalue weighted by Gasteiger charge is 2.38. The van der Waals surface area contributed by atoms with Gasteiger partial charge in [0.05, 0.1) is 12.5 Å². The maximum atomic E-state index is 14.4. The second-order valence-corrected chi connectivity index (χ2v) is 5.85. The van der Waals surface area contributed by atoms with Gasteiger partial charge in [-0.1, -0.05) is 18.1 Å². The Labute approximate surface area is 149 Å². The smallest absolute Gasteiger partial charge is 0.137 e. The lowest BCUT2D eigenvalue weighted by Crippen LogP contribution is -2.39. The summed E-state index contributed by atoms with van der Waals surface area (Å²) in [6, 6.07) is 8.35. The molecule has 2 heterocycles. The van der Waals surface area contributed by atoms with Crippen LogP contribution in [0, 0.1) is 29.4 Å². The Morgan fingerprint density at radius 3 is 2.77 bits per heavy atom. The summed E-state index contributed by atoms with van der Waals surface area (Å²) in [5.74, 6) is 3.51. The lowest BCUT2D eigenvalue weighted by molar-refractivity contribution is -0.0191. The van der Waals surface area contributed by atoms with Crippen LogP contribution in [0.3, 0.4) is 0 Å². The molecule has 3 aromatic rings. The van der Waals surface area contributed by atoms with Crippen molar-refractivity contribution < 1.29 is 13.9 Å². The lowest BCUT2D eigenvalue weighted by atomic mass is 9.82. The van der Waals surface area contributed by atoms with Gasteiger partial charge < -0.3 is 5.11 Å². The molecule has 3 rings (SSSR count). The van der Waals surface area contributed by atoms with Crippen LogP contribution in [0.15, 0.2) is 55.2 Å². The minimum absolute atomic E-state index is 0.0581. The predicted octanol–water partition coefficient (Wildman–Crippen LogP) is 2.53. The molecule has 0 bridgehead atoms. The van der Waals surface area contributed by atoms with Crippen LogP contribution in [0.2, 0.25) is 0 Å². The van der Waals surface area contributed by atoms with Gasteiger partial charge in [-0.25, -0.2) is 23.4 Å². The van der Waals surface area contributed by atoms with E-state index in [1.54, 1.807) is 31.3 Å². The Bertz CT molecular complexity index is 935. The molecular formula is C19H16F2N4O. The number of halogens is 2. The fourth-order valence-electron chi connectivity index (χ4n) is 2.60. The molecule has 0 aliphatic rings. The van der Waals surface area contributed by atoms with Gasteiger partial charge in [-0.05, 0) is 31.0 Å². The van der Waals surface area contributed by atoms with Gasteiger partial charge >= 0.3 is 0 Å². The van der Waals surface area contributed by atoms with Crippen LogP contribution < -0.4 is 0 Å². The largest absolute Gasteiger partial charge is 0.382 e. The summed E-state index contributed by atoms with van der Waals surface area (Å²) in [6.45, 7) is 1.57. The van der Waals surface area contributed by atoms with E-state index in [-0.39, 0.29) is 12.1 Å². The van der Waals surface area contributed by atoms with Crippen molar-refractivity contribution in [3.63, 3.8) is 0 Å². The van der Waals surface area contributed by atoms with Crippen LogP contribution in [0.5, 0.6) is 0 Å². The molecule has 0 saturated carbocycles. The first kappa shape index (κ1) is 17.7. The highest BCUT2D eigenvalue weighted by molar-refractivity contribution is 5.32. The first-order chi connectivity index (χ1) is 12.5. The van der Waals surface area contributed by atoms with Crippen molar-refractivity contribution in [1.29, 1.82) is 0 Å². The third-order valence-electron chi connectivity index (χ3n) is 4.07. The minimum atomic E-state index is -1.74. The summed E-state index contributed by atoms with van der Waals surface area (Å²) in [7, 11) is 0. The average Bonchev–Trinajstić information content (AvgIpc) is 3.13. The van der Waals surface area contributed by atoms with E-state index in [4.69, 9.17) is 0 Å². The summed E-state index contributed by atoms with van der Waals surface area (Å²) in [5.41, 5.74) is -1.27. The zero-order valence-electron chi connectivity index (χ0n) is 14.0. The summed E-state index contributed by atoms with van der Waals surface area (Å²) >= 11 is 0. The highest BCUT2D eigenvalue weighted by Crippen LogP contribution is 2.33. The van der Waals surface area contributed by atoms with Gasteiger partial charge in [0.15, 0.2) is 0 Å². The Kier molecular flexibility index (Phi) is 5.05. The zero-order chi connectivity index (χ0) is 18.6. The van der Waals surface area contributed by atoms with Crippen molar-refractivity contribution >= 4 is 0 Å². The van der Waals surface area contributed by atoms with Gasteiger partial charge in [-0.2, -0.15) is 5.10 Å². The van der Waals surface area contributed by atoms with Gasteiger partial charge in [0.2, 0.25) is 0 Å². The van der Waals surface area contributed by atoms with Gasteiger partial charge in [0.25, 0.3) is 0 Å². The van der Waals surface area contributed by atoms with Gasteiger partial charge in [-0.15, -0.1) is 0 Å². The van der Waals surface area contributed by atoms with Crippen molar-refractivity contribution in [3.8, 4) is 11.8 Å². The van der Waals surface area contributed by atoms with Crippen LogP contribution >= 0.6 is 0 Å². The van der Waals surface area contributed by atoms with Crippen molar-refractivity contribution in [2.75, 3.05) is 0 Å². The molecule has 132 valence electrons. The van der Waals surface area contributed by atoms with E-state index in [2.05, 4.69) is 26.9 Å². The predicted molar refractivity (Wildman–Crippen MR) is 90.6 cm³/mol. The molecule has 0 unspecified atom stereocenters. The Morgan fingerprint density at radius 2 is 2.12 bits per heavy atom. The molecule has 2 aromatic heterocycles. The number of hydrogen-bond acceptors (Lipinski definition) is 4. The second kappa shape index (κ2) is 7.42. The molecule has 0 aliphatic carbocycles. The minimum Gasteiger partial charge on any atom is -0.382 e. The van der Waals surface area contributed by atoms with Crippen LogP contribution in [0.1, 0.15) is 18.2 Å². The first-order valence-electron chi connectivity index (χ1n) is 7.92. The normalized spacial score (nSPS) is 14.2. The molecule has 0 aliphatic heterocycles. The molecule has 5 nitrogen and oxygen atoms in total. The molecule has 7 heteroatoms. The van der Waals surface area contributed by atoms with Crippen molar-refractivity contribution in [2.24, 2.45) is 5.92 Å². The number of rotatable bonds is 4. The fraction of sp³-hybridized carbons (Fsp3) is 0.211. The molecule has 0 amide bonds. The molecule has 2 atom stereocenters. The first-order valence-corrected chi connectivity index (χ1v) is 7.92. The summed E-state index contributed by atoms with van der Waals surface area (Å²) in [4.78, 5) is 7.93. The lowest BCUT2D eigenvalue weighted by Gasteiger charge is -2.32. The molecule has 0 spiro atoms. The van der Waals surface area contributed by atoms with Crippen LogP contribution in [0.25, 0.3) is 0 Å². The number of benzene rings is 1. The molecular weight excluding hydrogens is 338 g/mol. The molecule has 0 saturated heterocycles. The highest BCUT2D eigenvalue weighted by atomic mass is 19.1.